The van der Waals surface area contributed by atoms with Gasteiger partial charge in [-0.2, -0.15) is 0 Å². The Bertz CT molecular complexity index is 505. The molecule has 118 valence electrons. The number of imidazole rings is 1. The first-order chi connectivity index (χ1) is 9.81. The molecule has 0 N–H and O–H groups in total. The van der Waals surface area contributed by atoms with Crippen LogP contribution >= 0.6 is 39.1 Å². The van der Waals surface area contributed by atoms with E-state index in [9.17, 15) is 9.59 Å². The van der Waals surface area contributed by atoms with E-state index in [2.05, 4.69) is 20.9 Å². The smallest absolute Gasteiger partial charge is 0.302 e. The van der Waals surface area contributed by atoms with Gasteiger partial charge in [0, 0.05) is 13.8 Å². The van der Waals surface area contributed by atoms with Gasteiger partial charge in [-0.25, -0.2) is 4.98 Å². The Kier molecular flexibility index (Phi) is 7.44. The van der Waals surface area contributed by atoms with Crippen molar-refractivity contribution in [1.29, 1.82) is 0 Å². The van der Waals surface area contributed by atoms with Crippen molar-refractivity contribution in [3.05, 3.63) is 15.0 Å². The van der Waals surface area contributed by atoms with Crippen LogP contribution in [0.15, 0.2) is 4.73 Å². The van der Waals surface area contributed by atoms with Gasteiger partial charge in [-0.05, 0) is 15.9 Å². The minimum atomic E-state index is -0.637. The van der Waals surface area contributed by atoms with Crippen molar-refractivity contribution in [2.24, 2.45) is 0 Å². The molecule has 0 aliphatic heterocycles. The van der Waals surface area contributed by atoms with Crippen LogP contribution in [0.25, 0.3) is 0 Å². The largest absolute Gasteiger partial charge is 0.463 e. The summed E-state index contributed by atoms with van der Waals surface area (Å²) in [6.45, 7) is 2.42. The fraction of sp³-hybridized carbons (Fsp3) is 0.545. The van der Waals surface area contributed by atoms with Crippen LogP contribution < -0.4 is 0 Å². The number of rotatable bonds is 7. The molecule has 21 heavy (non-hydrogen) atoms. The molecule has 0 aromatic carbocycles. The lowest BCUT2D eigenvalue weighted by Gasteiger charge is -2.18. The highest BCUT2D eigenvalue weighted by molar-refractivity contribution is 9.10. The van der Waals surface area contributed by atoms with Gasteiger partial charge in [-0.3, -0.25) is 14.2 Å². The van der Waals surface area contributed by atoms with Gasteiger partial charge >= 0.3 is 11.9 Å². The predicted octanol–water partition coefficient (Wildman–Crippen LogP) is 2.42. The molecular formula is C11H13BrCl2N2O5. The molecule has 0 aliphatic rings. The Hall–Kier alpha value is -0.830. The highest BCUT2D eigenvalue weighted by Crippen LogP contribution is 2.25. The molecule has 1 rings (SSSR count). The maximum atomic E-state index is 10.8. The van der Waals surface area contributed by atoms with E-state index in [0.717, 1.165) is 0 Å². The summed E-state index contributed by atoms with van der Waals surface area (Å²) in [4.78, 5) is 25.6. The third-order valence-corrected chi connectivity index (χ3v) is 3.55. The molecule has 1 heterocycles. The van der Waals surface area contributed by atoms with Gasteiger partial charge in [0.15, 0.2) is 15.0 Å². The predicted molar refractivity (Wildman–Crippen MR) is 78.1 cm³/mol. The molecule has 0 amide bonds. The number of esters is 2. The summed E-state index contributed by atoms with van der Waals surface area (Å²) in [7, 11) is 0. The van der Waals surface area contributed by atoms with Crippen molar-refractivity contribution in [2.45, 2.75) is 26.7 Å². The van der Waals surface area contributed by atoms with Gasteiger partial charge in [0.1, 0.15) is 26.0 Å². The Morgan fingerprint density at radius 3 is 2.14 bits per heavy atom. The number of halogens is 3. The summed E-state index contributed by atoms with van der Waals surface area (Å²) in [5.41, 5.74) is 0. The molecule has 0 unspecified atom stereocenters. The van der Waals surface area contributed by atoms with Crippen LogP contribution in [0.5, 0.6) is 0 Å². The third kappa shape index (κ3) is 6.21. The topological polar surface area (TPSA) is 79.6 Å². The van der Waals surface area contributed by atoms with Gasteiger partial charge in [0.2, 0.25) is 0 Å². The molecule has 0 saturated carbocycles. The summed E-state index contributed by atoms with van der Waals surface area (Å²) in [5, 5.41) is 0.325. The van der Waals surface area contributed by atoms with Crippen molar-refractivity contribution >= 4 is 51.1 Å². The van der Waals surface area contributed by atoms with Crippen LogP contribution in [0.2, 0.25) is 10.3 Å². The van der Waals surface area contributed by atoms with Crippen LogP contribution in [0.3, 0.4) is 0 Å². The van der Waals surface area contributed by atoms with Gasteiger partial charge in [-0.1, -0.05) is 23.2 Å². The van der Waals surface area contributed by atoms with Gasteiger partial charge in [-0.15, -0.1) is 0 Å². The summed E-state index contributed by atoms with van der Waals surface area (Å²) in [6.07, 6.45) is -0.637. The van der Waals surface area contributed by atoms with Crippen molar-refractivity contribution < 1.29 is 23.8 Å². The van der Waals surface area contributed by atoms with E-state index < -0.39 is 18.0 Å². The van der Waals surface area contributed by atoms with Crippen LogP contribution in [0, 0.1) is 0 Å². The second-order valence-corrected chi connectivity index (χ2v) is 5.34. The average Bonchev–Trinajstić information content (AvgIpc) is 2.63. The highest BCUT2D eigenvalue weighted by Gasteiger charge is 2.17. The Morgan fingerprint density at radius 1 is 1.24 bits per heavy atom. The zero-order chi connectivity index (χ0) is 16.0. The summed E-state index contributed by atoms with van der Waals surface area (Å²) >= 11 is 14.9. The fourth-order valence-corrected chi connectivity index (χ4v) is 2.25. The Labute approximate surface area is 139 Å². The fourth-order valence-electron chi connectivity index (χ4n) is 1.23. The minimum absolute atomic E-state index is 0.00761. The molecule has 0 bridgehead atoms. The van der Waals surface area contributed by atoms with Crippen LogP contribution in [-0.4, -0.2) is 40.8 Å². The maximum absolute atomic E-state index is 10.8. The monoisotopic (exact) mass is 402 g/mol. The second kappa shape index (κ2) is 8.57. The maximum Gasteiger partial charge on any atom is 0.302 e. The number of hydrogen-bond donors (Lipinski definition) is 0. The van der Waals surface area contributed by atoms with Gasteiger partial charge in [0.25, 0.3) is 0 Å². The normalized spacial score (nSPS) is 10.8. The first-order valence-corrected chi connectivity index (χ1v) is 7.31. The molecule has 0 radical (unpaired) electrons. The number of hydrogen-bond acceptors (Lipinski definition) is 6. The highest BCUT2D eigenvalue weighted by atomic mass is 79.9. The van der Waals surface area contributed by atoms with E-state index in [4.69, 9.17) is 37.4 Å². The first-order valence-electron chi connectivity index (χ1n) is 5.76. The van der Waals surface area contributed by atoms with Crippen LogP contribution in [0.4, 0.5) is 0 Å². The number of nitrogens with zero attached hydrogens (tertiary/aromatic N) is 2. The molecule has 0 saturated heterocycles. The minimum Gasteiger partial charge on any atom is -0.463 e. The molecule has 0 fully saturated rings. The van der Waals surface area contributed by atoms with Gasteiger partial charge in [0.05, 0.1) is 0 Å². The second-order valence-electron chi connectivity index (χ2n) is 3.91. The summed E-state index contributed by atoms with van der Waals surface area (Å²) < 4.78 is 17.0. The zero-order valence-corrected chi connectivity index (χ0v) is 14.4. The third-order valence-electron chi connectivity index (χ3n) is 2.20. The lowest BCUT2D eigenvalue weighted by atomic mass is 10.4. The van der Waals surface area contributed by atoms with Crippen LogP contribution in [0.1, 0.15) is 13.8 Å². The number of carbonyl (C=O) groups is 2. The molecule has 7 nitrogen and oxygen atoms in total. The number of carbonyl (C=O) groups excluding carboxylic acids is 2. The van der Waals surface area contributed by atoms with Crippen molar-refractivity contribution in [2.75, 3.05) is 13.2 Å². The molecular weight excluding hydrogens is 391 g/mol. The van der Waals surface area contributed by atoms with Crippen molar-refractivity contribution in [3.63, 3.8) is 0 Å². The Balaban J connectivity index is 2.62. The average molecular weight is 404 g/mol. The zero-order valence-electron chi connectivity index (χ0n) is 11.3. The lowest BCUT2D eigenvalue weighted by molar-refractivity contribution is -0.154. The van der Waals surface area contributed by atoms with E-state index in [1.165, 1.54) is 18.4 Å². The van der Waals surface area contributed by atoms with E-state index in [-0.39, 0.29) is 30.3 Å². The van der Waals surface area contributed by atoms with E-state index in [1.807, 2.05) is 0 Å². The molecule has 1 aromatic rings. The number of aromatic nitrogens is 2. The molecule has 0 atom stereocenters. The standard InChI is InChI=1S/C11H13BrCl2N2O5/c1-6(17)19-3-8(4-20-7(2)18)21-5-16-10(14)9(13)15-11(16)12/h8H,3-5H2,1-2H3. The van der Waals surface area contributed by atoms with Crippen molar-refractivity contribution in [3.8, 4) is 0 Å². The summed E-state index contributed by atoms with van der Waals surface area (Å²) in [5.74, 6) is -0.923. The molecule has 0 aliphatic carbocycles. The molecule has 10 heteroatoms. The first kappa shape index (κ1) is 18.2. The van der Waals surface area contributed by atoms with Gasteiger partial charge < -0.3 is 14.2 Å². The molecule has 0 spiro atoms. The van der Waals surface area contributed by atoms with E-state index >= 15 is 0 Å². The summed E-state index contributed by atoms with van der Waals surface area (Å²) in [6, 6.07) is 0. The van der Waals surface area contributed by atoms with Crippen LogP contribution in [-0.2, 0) is 30.5 Å². The lowest BCUT2D eigenvalue weighted by Crippen LogP contribution is -2.28. The van der Waals surface area contributed by atoms with Crippen molar-refractivity contribution in [1.82, 2.24) is 9.55 Å². The number of ether oxygens (including phenoxy) is 3. The SMILES string of the molecule is CC(=O)OCC(COC(C)=O)OCn1c(Br)nc(Cl)c1Cl. The quantitative estimate of drug-likeness (QED) is 0.650. The van der Waals surface area contributed by atoms with E-state index in [1.54, 1.807) is 0 Å². The van der Waals surface area contributed by atoms with E-state index in [0.29, 0.717) is 4.73 Å². The molecule has 1 aromatic heterocycles. The Morgan fingerprint density at radius 2 is 1.76 bits per heavy atom.